The van der Waals surface area contributed by atoms with Crippen molar-refractivity contribution in [2.75, 3.05) is 18.1 Å². The van der Waals surface area contributed by atoms with Gasteiger partial charge in [-0.15, -0.1) is 0 Å². The van der Waals surface area contributed by atoms with E-state index in [1.807, 2.05) is 18.2 Å². The molecule has 0 saturated heterocycles. The first-order valence-corrected chi connectivity index (χ1v) is 11.0. The maximum atomic E-state index is 12.3. The van der Waals surface area contributed by atoms with Crippen LogP contribution in [0.1, 0.15) is 16.8 Å². The average Bonchev–Trinajstić information content (AvgIpc) is 2.65. The molecule has 0 radical (unpaired) electrons. The smallest absolute Gasteiger partial charge is 0.258 e. The largest absolute Gasteiger partial charge is 0.379 e. The predicted molar refractivity (Wildman–Crippen MR) is 109 cm³/mol. The van der Waals surface area contributed by atoms with E-state index in [-0.39, 0.29) is 5.56 Å². The number of nitrogens with one attached hydrogen (secondary N) is 1. The summed E-state index contributed by atoms with van der Waals surface area (Å²) >= 11 is 5.94. The molecule has 4 rings (SSSR count). The summed E-state index contributed by atoms with van der Waals surface area (Å²) in [5.41, 5.74) is 3.99. The summed E-state index contributed by atoms with van der Waals surface area (Å²) in [7, 11) is -3.21. The number of rotatable bonds is 4. The molecule has 3 aromatic rings. The van der Waals surface area contributed by atoms with Crippen molar-refractivity contribution in [1.29, 1.82) is 0 Å². The van der Waals surface area contributed by atoms with Gasteiger partial charge < -0.3 is 5.32 Å². The van der Waals surface area contributed by atoms with Gasteiger partial charge in [-0.1, -0.05) is 23.7 Å². The lowest BCUT2D eigenvalue weighted by molar-refractivity contribution is 0.395. The topological polar surface area (TPSA) is 83.8 Å². The van der Waals surface area contributed by atoms with Gasteiger partial charge in [-0.2, -0.15) is 4.31 Å². The van der Waals surface area contributed by atoms with Crippen LogP contribution in [0, 0.1) is 0 Å². The van der Waals surface area contributed by atoms with Gasteiger partial charge in [0.05, 0.1) is 23.5 Å². The Bertz CT molecular complexity index is 1220. The maximum Gasteiger partial charge on any atom is 0.258 e. The Morgan fingerprint density at radius 1 is 1.25 bits per heavy atom. The van der Waals surface area contributed by atoms with Gasteiger partial charge in [0.15, 0.2) is 0 Å². The summed E-state index contributed by atoms with van der Waals surface area (Å²) in [5.74, 6) is 0. The number of hydrogen-bond acceptors (Lipinski definition) is 5. The van der Waals surface area contributed by atoms with Crippen LogP contribution >= 0.6 is 11.6 Å². The van der Waals surface area contributed by atoms with E-state index < -0.39 is 10.0 Å². The van der Waals surface area contributed by atoms with Gasteiger partial charge in [0.2, 0.25) is 10.0 Å². The van der Waals surface area contributed by atoms with E-state index in [1.165, 1.54) is 21.0 Å². The predicted octanol–water partition coefficient (Wildman–Crippen LogP) is 2.28. The number of halogens is 1. The summed E-state index contributed by atoms with van der Waals surface area (Å²) in [6.45, 7) is 1.22. The summed E-state index contributed by atoms with van der Waals surface area (Å²) in [6.07, 6.45) is 3.42. The van der Waals surface area contributed by atoms with E-state index in [1.54, 1.807) is 18.3 Å². The zero-order chi connectivity index (χ0) is 19.9. The molecular weight excluding hydrogens is 400 g/mol. The monoisotopic (exact) mass is 418 g/mol. The summed E-state index contributed by atoms with van der Waals surface area (Å²) in [5, 5.41) is 3.81. The van der Waals surface area contributed by atoms with Crippen LogP contribution in [0.3, 0.4) is 0 Å². The highest BCUT2D eigenvalue weighted by Crippen LogP contribution is 2.27. The van der Waals surface area contributed by atoms with Crippen molar-refractivity contribution in [3.63, 3.8) is 0 Å². The zero-order valence-electron chi connectivity index (χ0n) is 15.2. The summed E-state index contributed by atoms with van der Waals surface area (Å²) in [4.78, 5) is 16.8. The maximum absolute atomic E-state index is 12.3. The van der Waals surface area contributed by atoms with Crippen molar-refractivity contribution in [3.8, 4) is 0 Å². The number of pyridine rings is 1. The van der Waals surface area contributed by atoms with Gasteiger partial charge >= 0.3 is 0 Å². The third kappa shape index (κ3) is 3.76. The lowest BCUT2D eigenvalue weighted by Gasteiger charge is -2.28. The molecule has 0 bridgehead atoms. The lowest BCUT2D eigenvalue weighted by atomic mass is 9.99. The zero-order valence-corrected chi connectivity index (χ0v) is 16.8. The van der Waals surface area contributed by atoms with Crippen molar-refractivity contribution in [3.05, 3.63) is 74.8 Å². The SMILES string of the molecule is CS(=O)(=O)N1CCc2c(cccc2NCc2cc(=O)n3cc(Cl)ccc3n2)C1. The molecular formula is C19H19ClN4O3S. The van der Waals surface area contributed by atoms with E-state index in [0.29, 0.717) is 42.4 Å². The first-order valence-electron chi connectivity index (χ1n) is 8.79. The average molecular weight is 419 g/mol. The number of sulfonamides is 1. The molecule has 7 nitrogen and oxygen atoms in total. The van der Waals surface area contributed by atoms with E-state index in [9.17, 15) is 13.2 Å². The highest BCUT2D eigenvalue weighted by molar-refractivity contribution is 7.88. The second-order valence-corrected chi connectivity index (χ2v) is 9.22. The number of benzene rings is 1. The van der Waals surface area contributed by atoms with Crippen molar-refractivity contribution in [2.45, 2.75) is 19.5 Å². The molecule has 0 fully saturated rings. The molecule has 1 aromatic carbocycles. The molecule has 146 valence electrons. The number of anilines is 1. The fraction of sp³-hybridized carbons (Fsp3) is 0.263. The van der Waals surface area contributed by atoms with Crippen molar-refractivity contribution >= 4 is 33.0 Å². The molecule has 3 heterocycles. The fourth-order valence-electron chi connectivity index (χ4n) is 3.43. The fourth-order valence-corrected chi connectivity index (χ4v) is 4.39. The molecule has 0 amide bonds. The van der Waals surface area contributed by atoms with Crippen LogP contribution in [0.15, 0.2) is 47.4 Å². The number of fused-ring (bicyclic) bond motifs is 2. The standard InChI is InChI=1S/C19H19ClN4O3S/c1-28(26,27)23-8-7-16-13(11-23)3-2-4-17(16)21-10-15-9-19(25)24-12-14(20)5-6-18(24)22-15/h2-6,9,12,21H,7-8,10-11H2,1H3. The highest BCUT2D eigenvalue weighted by Gasteiger charge is 2.24. The van der Waals surface area contributed by atoms with Gasteiger partial charge in [0, 0.05) is 31.0 Å². The van der Waals surface area contributed by atoms with Gasteiger partial charge in [0.25, 0.3) is 5.56 Å². The minimum atomic E-state index is -3.21. The van der Waals surface area contributed by atoms with Gasteiger partial charge in [0.1, 0.15) is 5.65 Å². The second kappa shape index (κ2) is 7.20. The Balaban J connectivity index is 1.58. The number of hydrogen-bond donors (Lipinski definition) is 1. The van der Waals surface area contributed by atoms with E-state index in [0.717, 1.165) is 16.8 Å². The summed E-state index contributed by atoms with van der Waals surface area (Å²) < 4.78 is 26.5. The van der Waals surface area contributed by atoms with Crippen LogP contribution < -0.4 is 10.9 Å². The molecule has 1 N–H and O–H groups in total. The van der Waals surface area contributed by atoms with E-state index >= 15 is 0 Å². The Morgan fingerprint density at radius 3 is 2.86 bits per heavy atom. The minimum Gasteiger partial charge on any atom is -0.379 e. The van der Waals surface area contributed by atoms with Crippen LogP contribution in [0.5, 0.6) is 0 Å². The molecule has 1 aliphatic heterocycles. The third-order valence-electron chi connectivity index (χ3n) is 4.84. The van der Waals surface area contributed by atoms with Gasteiger partial charge in [-0.05, 0) is 35.7 Å². The van der Waals surface area contributed by atoms with Crippen molar-refractivity contribution in [1.82, 2.24) is 13.7 Å². The summed E-state index contributed by atoms with van der Waals surface area (Å²) in [6, 6.07) is 10.7. The van der Waals surface area contributed by atoms with Crippen molar-refractivity contribution < 1.29 is 8.42 Å². The Hall–Kier alpha value is -2.42. The normalized spacial score (nSPS) is 14.8. The van der Waals surface area contributed by atoms with E-state index in [2.05, 4.69) is 10.3 Å². The minimum absolute atomic E-state index is 0.191. The molecule has 2 aromatic heterocycles. The highest BCUT2D eigenvalue weighted by atomic mass is 35.5. The number of aromatic nitrogens is 2. The molecule has 28 heavy (non-hydrogen) atoms. The van der Waals surface area contributed by atoms with Gasteiger partial charge in [-0.25, -0.2) is 13.4 Å². The molecule has 0 atom stereocenters. The molecule has 9 heteroatoms. The number of nitrogens with zero attached hydrogens (tertiary/aromatic N) is 3. The van der Waals surface area contributed by atoms with Crippen LogP contribution in [0.2, 0.25) is 5.02 Å². The Labute approximate surface area is 167 Å². The van der Waals surface area contributed by atoms with Crippen LogP contribution in [0.4, 0.5) is 5.69 Å². The molecule has 1 aliphatic rings. The van der Waals surface area contributed by atoms with Crippen molar-refractivity contribution in [2.24, 2.45) is 0 Å². The van der Waals surface area contributed by atoms with Crippen LogP contribution in [-0.4, -0.2) is 34.9 Å². The van der Waals surface area contributed by atoms with E-state index in [4.69, 9.17) is 11.6 Å². The van der Waals surface area contributed by atoms with Crippen LogP contribution in [0.25, 0.3) is 5.65 Å². The Kier molecular flexibility index (Phi) is 4.86. The third-order valence-corrected chi connectivity index (χ3v) is 6.31. The molecule has 0 unspecified atom stereocenters. The first-order chi connectivity index (χ1) is 13.3. The second-order valence-electron chi connectivity index (χ2n) is 6.80. The Morgan fingerprint density at radius 2 is 2.07 bits per heavy atom. The quantitative estimate of drug-likeness (QED) is 0.702. The van der Waals surface area contributed by atoms with Gasteiger partial charge in [-0.3, -0.25) is 9.20 Å². The first kappa shape index (κ1) is 18.9. The molecule has 0 spiro atoms. The molecule has 0 saturated carbocycles. The van der Waals surface area contributed by atoms with Crippen LogP contribution in [-0.2, 0) is 29.5 Å². The molecule has 0 aliphatic carbocycles. The lowest BCUT2D eigenvalue weighted by Crippen LogP contribution is -2.35.